The van der Waals surface area contributed by atoms with E-state index in [4.69, 9.17) is 0 Å². The van der Waals surface area contributed by atoms with Crippen LogP contribution in [0.3, 0.4) is 0 Å². The van der Waals surface area contributed by atoms with Crippen molar-refractivity contribution in [2.24, 2.45) is 0 Å². The van der Waals surface area contributed by atoms with Gasteiger partial charge in [-0.05, 0) is 12.8 Å². The molecule has 1 aliphatic rings. The highest BCUT2D eigenvalue weighted by Gasteiger charge is 2.25. The quantitative estimate of drug-likeness (QED) is 0.844. The predicted octanol–water partition coefficient (Wildman–Crippen LogP) is 3.02. The van der Waals surface area contributed by atoms with E-state index in [9.17, 15) is 0 Å². The maximum absolute atomic E-state index is 4.46. The first-order chi connectivity index (χ1) is 8.77. The third-order valence-corrected chi connectivity index (χ3v) is 3.85. The van der Waals surface area contributed by atoms with E-state index in [1.165, 1.54) is 31.5 Å². The smallest absolute Gasteiger partial charge is 0.150 e. The number of fused-ring (bicyclic) bond motifs is 1. The van der Waals surface area contributed by atoms with Crippen molar-refractivity contribution in [3.8, 4) is 0 Å². The highest BCUT2D eigenvalue weighted by atomic mass is 15.3. The molecule has 2 atom stereocenters. The Morgan fingerprint density at radius 2 is 2.17 bits per heavy atom. The number of hydrogen-bond acceptors (Lipinski definition) is 3. The number of nitrogens with zero attached hydrogens (tertiary/aromatic N) is 3. The van der Waals surface area contributed by atoms with Gasteiger partial charge in [-0.1, -0.05) is 40.0 Å². The molecule has 1 aromatic rings. The fourth-order valence-corrected chi connectivity index (χ4v) is 2.78. The van der Waals surface area contributed by atoms with Gasteiger partial charge in [-0.3, -0.25) is 0 Å². The molecule has 4 nitrogen and oxygen atoms in total. The average Bonchev–Trinajstić information content (AvgIpc) is 2.81. The molecule has 0 bridgehead atoms. The van der Waals surface area contributed by atoms with Crippen LogP contribution < -0.4 is 5.32 Å². The van der Waals surface area contributed by atoms with Crippen molar-refractivity contribution >= 4 is 0 Å². The second-order valence-electron chi connectivity index (χ2n) is 5.41. The summed E-state index contributed by atoms with van der Waals surface area (Å²) < 4.78 is 2.36. The minimum Gasteiger partial charge on any atom is -0.312 e. The summed E-state index contributed by atoms with van der Waals surface area (Å²) in [7, 11) is 0. The molecular formula is C14H26N4. The Morgan fingerprint density at radius 1 is 1.33 bits per heavy atom. The molecular weight excluding hydrogens is 224 g/mol. The van der Waals surface area contributed by atoms with Gasteiger partial charge < -0.3 is 9.88 Å². The molecule has 2 rings (SSSR count). The fourth-order valence-electron chi connectivity index (χ4n) is 2.78. The molecule has 102 valence electrons. The molecule has 0 saturated heterocycles. The summed E-state index contributed by atoms with van der Waals surface area (Å²) in [6, 6.07) is 0.406. The zero-order valence-electron chi connectivity index (χ0n) is 11.9. The van der Waals surface area contributed by atoms with Crippen LogP contribution in [0.4, 0.5) is 0 Å². The third-order valence-electron chi connectivity index (χ3n) is 3.85. The van der Waals surface area contributed by atoms with Gasteiger partial charge in [0.05, 0.1) is 6.04 Å². The molecule has 1 aromatic heterocycles. The Hall–Kier alpha value is -0.900. The second-order valence-corrected chi connectivity index (χ2v) is 5.41. The topological polar surface area (TPSA) is 42.7 Å². The van der Waals surface area contributed by atoms with Gasteiger partial charge in [0.1, 0.15) is 11.6 Å². The molecule has 0 spiro atoms. The largest absolute Gasteiger partial charge is 0.312 e. The lowest BCUT2D eigenvalue weighted by atomic mass is 10.0. The van der Waals surface area contributed by atoms with Crippen LogP contribution in [0.2, 0.25) is 0 Å². The van der Waals surface area contributed by atoms with Gasteiger partial charge in [-0.2, -0.15) is 0 Å². The SMILES string of the molecule is CCCCC(C)c1nnc2n1CCNC2CCC. The third kappa shape index (κ3) is 2.74. The molecule has 2 heterocycles. The van der Waals surface area contributed by atoms with E-state index in [0.717, 1.165) is 25.3 Å². The molecule has 0 fully saturated rings. The Balaban J connectivity index is 2.14. The molecule has 0 radical (unpaired) electrons. The summed E-state index contributed by atoms with van der Waals surface area (Å²) in [4.78, 5) is 0. The van der Waals surface area contributed by atoms with Crippen LogP contribution in [0.25, 0.3) is 0 Å². The number of rotatable bonds is 6. The number of unbranched alkanes of at least 4 members (excludes halogenated alkanes) is 1. The molecule has 4 heteroatoms. The summed E-state index contributed by atoms with van der Waals surface area (Å²) >= 11 is 0. The number of aromatic nitrogens is 3. The van der Waals surface area contributed by atoms with E-state index in [1.807, 2.05) is 0 Å². The highest BCUT2D eigenvalue weighted by Crippen LogP contribution is 2.26. The predicted molar refractivity (Wildman–Crippen MR) is 73.6 cm³/mol. The first-order valence-corrected chi connectivity index (χ1v) is 7.44. The van der Waals surface area contributed by atoms with E-state index < -0.39 is 0 Å². The molecule has 0 saturated carbocycles. The molecule has 0 amide bonds. The summed E-state index contributed by atoms with van der Waals surface area (Å²) in [5.74, 6) is 2.88. The monoisotopic (exact) mass is 250 g/mol. The molecule has 0 aromatic carbocycles. The van der Waals surface area contributed by atoms with E-state index in [-0.39, 0.29) is 0 Å². The van der Waals surface area contributed by atoms with Crippen LogP contribution in [0.15, 0.2) is 0 Å². The fraction of sp³-hybridized carbons (Fsp3) is 0.857. The summed E-state index contributed by atoms with van der Waals surface area (Å²) in [5.41, 5.74) is 0. The van der Waals surface area contributed by atoms with E-state index in [1.54, 1.807) is 0 Å². The minimum absolute atomic E-state index is 0.406. The van der Waals surface area contributed by atoms with Gasteiger partial charge in [0, 0.05) is 19.0 Å². The van der Waals surface area contributed by atoms with Crippen molar-refractivity contribution < 1.29 is 0 Å². The van der Waals surface area contributed by atoms with Gasteiger partial charge in [0.2, 0.25) is 0 Å². The average molecular weight is 250 g/mol. The van der Waals surface area contributed by atoms with Crippen molar-refractivity contribution in [1.82, 2.24) is 20.1 Å². The molecule has 1 N–H and O–H groups in total. The Morgan fingerprint density at radius 3 is 2.89 bits per heavy atom. The Bertz CT molecular complexity index is 372. The van der Waals surface area contributed by atoms with E-state index >= 15 is 0 Å². The molecule has 2 unspecified atom stereocenters. The van der Waals surface area contributed by atoms with Crippen LogP contribution >= 0.6 is 0 Å². The van der Waals surface area contributed by atoms with Gasteiger partial charge in [0.25, 0.3) is 0 Å². The van der Waals surface area contributed by atoms with Crippen LogP contribution in [0, 0.1) is 0 Å². The summed E-state index contributed by atoms with van der Waals surface area (Å²) in [6.07, 6.45) is 6.10. The van der Waals surface area contributed by atoms with Crippen molar-refractivity contribution in [3.63, 3.8) is 0 Å². The molecule has 0 aliphatic carbocycles. The maximum atomic E-state index is 4.46. The molecule has 18 heavy (non-hydrogen) atoms. The van der Waals surface area contributed by atoms with E-state index in [0.29, 0.717) is 12.0 Å². The lowest BCUT2D eigenvalue weighted by Gasteiger charge is -2.25. The van der Waals surface area contributed by atoms with Crippen molar-refractivity contribution in [2.75, 3.05) is 6.54 Å². The maximum Gasteiger partial charge on any atom is 0.150 e. The van der Waals surface area contributed by atoms with Gasteiger partial charge >= 0.3 is 0 Å². The Kier molecular flexibility index (Phi) is 4.75. The van der Waals surface area contributed by atoms with Crippen LogP contribution in [0.1, 0.15) is 76.5 Å². The first-order valence-electron chi connectivity index (χ1n) is 7.44. The molecule has 1 aliphatic heterocycles. The lowest BCUT2D eigenvalue weighted by molar-refractivity contribution is 0.383. The Labute approximate surface area is 110 Å². The van der Waals surface area contributed by atoms with Crippen LogP contribution in [0.5, 0.6) is 0 Å². The van der Waals surface area contributed by atoms with Gasteiger partial charge in [0.15, 0.2) is 0 Å². The van der Waals surface area contributed by atoms with Crippen molar-refractivity contribution in [3.05, 3.63) is 11.6 Å². The number of hydrogen-bond donors (Lipinski definition) is 1. The normalized spacial score (nSPS) is 20.7. The zero-order valence-corrected chi connectivity index (χ0v) is 11.9. The van der Waals surface area contributed by atoms with Crippen molar-refractivity contribution in [2.45, 2.75) is 71.4 Å². The summed E-state index contributed by atoms with van der Waals surface area (Å²) in [5, 5.41) is 12.4. The van der Waals surface area contributed by atoms with Crippen molar-refractivity contribution in [1.29, 1.82) is 0 Å². The van der Waals surface area contributed by atoms with Crippen LogP contribution in [-0.2, 0) is 6.54 Å². The van der Waals surface area contributed by atoms with Gasteiger partial charge in [-0.15, -0.1) is 10.2 Å². The standard InChI is InChI=1S/C14H26N4/c1-4-6-8-11(3)13-16-17-14-12(7-5-2)15-9-10-18(13)14/h11-12,15H,4-10H2,1-3H3. The van der Waals surface area contributed by atoms with Gasteiger partial charge in [-0.25, -0.2) is 0 Å². The number of nitrogens with one attached hydrogen (secondary N) is 1. The van der Waals surface area contributed by atoms with E-state index in [2.05, 4.69) is 40.9 Å². The zero-order chi connectivity index (χ0) is 13.0. The highest BCUT2D eigenvalue weighted by molar-refractivity contribution is 5.07. The van der Waals surface area contributed by atoms with Crippen LogP contribution in [-0.4, -0.2) is 21.3 Å². The second kappa shape index (κ2) is 6.32. The summed E-state index contributed by atoms with van der Waals surface area (Å²) in [6.45, 7) is 8.82. The lowest BCUT2D eigenvalue weighted by Crippen LogP contribution is -2.34. The first kappa shape index (κ1) is 13.5. The minimum atomic E-state index is 0.406.